The number of allylic oxidation sites excluding steroid dienone is 1. The van der Waals surface area contributed by atoms with Crippen LogP contribution in [0.3, 0.4) is 0 Å². The Hall–Kier alpha value is -0.0800. The first-order valence-corrected chi connectivity index (χ1v) is 5.10. The van der Waals surface area contributed by atoms with E-state index in [1.54, 1.807) is 11.3 Å². The molecule has 0 saturated heterocycles. The van der Waals surface area contributed by atoms with Gasteiger partial charge in [-0.3, -0.25) is 0 Å². The lowest BCUT2D eigenvalue weighted by molar-refractivity contribution is 1.55. The molecule has 0 N–H and O–H groups in total. The van der Waals surface area contributed by atoms with E-state index in [0.29, 0.717) is 0 Å². The van der Waals surface area contributed by atoms with Crippen molar-refractivity contribution in [2.45, 2.75) is 6.92 Å². The Kier molecular flexibility index (Phi) is 3.16. The van der Waals surface area contributed by atoms with Crippen LogP contribution in [0.25, 0.3) is 6.08 Å². The molecule has 0 radical (unpaired) electrons. The quantitative estimate of drug-likeness (QED) is 0.665. The first kappa shape index (κ1) is 8.02. The molecular weight excluding hydrogens is 208 g/mol. The molecule has 0 saturated carbocycles. The zero-order chi connectivity index (χ0) is 7.40. The normalized spacial score (nSPS) is 11.0. The Labute approximate surface area is 73.7 Å². The second kappa shape index (κ2) is 3.94. The maximum Gasteiger partial charge on any atom is 0.0270 e. The highest BCUT2D eigenvalue weighted by molar-refractivity contribution is 9.09. The zero-order valence-corrected chi connectivity index (χ0v) is 8.21. The number of hydrogen-bond donors (Lipinski definition) is 0. The molecule has 0 atom stereocenters. The van der Waals surface area contributed by atoms with E-state index >= 15 is 0 Å². The van der Waals surface area contributed by atoms with Crippen LogP contribution in [0, 0.1) is 6.92 Å². The number of alkyl halides is 1. The number of hydrogen-bond acceptors (Lipinski definition) is 1. The maximum atomic E-state index is 3.33. The molecule has 1 rings (SSSR count). The number of aryl methyl sites for hydroxylation is 1. The third kappa shape index (κ3) is 2.27. The molecule has 0 aromatic carbocycles. The summed E-state index contributed by atoms with van der Waals surface area (Å²) in [4.78, 5) is 1.33. The van der Waals surface area contributed by atoms with Crippen LogP contribution in [0.15, 0.2) is 17.5 Å². The van der Waals surface area contributed by atoms with E-state index in [0.717, 1.165) is 5.33 Å². The predicted octanol–water partition coefficient (Wildman–Crippen LogP) is 3.46. The molecule has 0 nitrogen and oxygen atoms in total. The predicted molar refractivity (Wildman–Crippen MR) is 51.9 cm³/mol. The van der Waals surface area contributed by atoms with E-state index in [1.165, 1.54) is 10.4 Å². The smallest absolute Gasteiger partial charge is 0.0270 e. The van der Waals surface area contributed by atoms with Crippen molar-refractivity contribution in [2.75, 3.05) is 5.33 Å². The van der Waals surface area contributed by atoms with Crippen LogP contribution in [0.5, 0.6) is 0 Å². The Bertz CT molecular complexity index is 225. The fourth-order valence-corrected chi connectivity index (χ4v) is 1.71. The average molecular weight is 217 g/mol. The van der Waals surface area contributed by atoms with Gasteiger partial charge < -0.3 is 0 Å². The molecule has 0 aliphatic heterocycles. The van der Waals surface area contributed by atoms with E-state index < -0.39 is 0 Å². The zero-order valence-electron chi connectivity index (χ0n) is 5.80. The molecule has 0 aliphatic rings. The van der Waals surface area contributed by atoms with Gasteiger partial charge in [-0.25, -0.2) is 0 Å². The highest BCUT2D eigenvalue weighted by atomic mass is 79.9. The minimum absolute atomic E-state index is 0.934. The standard InChI is InChI=1S/C8H9BrS/c1-7-5-8(10-6-7)3-2-4-9/h2-3,5-6H,4H2,1H3. The first-order valence-electron chi connectivity index (χ1n) is 3.10. The number of rotatable bonds is 2. The minimum atomic E-state index is 0.934. The summed E-state index contributed by atoms with van der Waals surface area (Å²) in [5.74, 6) is 0. The molecule has 1 heterocycles. The van der Waals surface area contributed by atoms with Crippen LogP contribution < -0.4 is 0 Å². The van der Waals surface area contributed by atoms with Crippen molar-refractivity contribution in [1.82, 2.24) is 0 Å². The van der Waals surface area contributed by atoms with Gasteiger partial charge in [-0.2, -0.15) is 0 Å². The van der Waals surface area contributed by atoms with E-state index in [4.69, 9.17) is 0 Å². The summed E-state index contributed by atoms with van der Waals surface area (Å²) in [6.07, 6.45) is 4.23. The maximum absolute atomic E-state index is 3.33. The molecule has 0 unspecified atom stereocenters. The molecule has 0 aliphatic carbocycles. The van der Waals surface area contributed by atoms with Gasteiger partial charge in [0.2, 0.25) is 0 Å². The van der Waals surface area contributed by atoms with Gasteiger partial charge in [-0.15, -0.1) is 11.3 Å². The topological polar surface area (TPSA) is 0 Å². The monoisotopic (exact) mass is 216 g/mol. The van der Waals surface area contributed by atoms with E-state index in [1.807, 2.05) is 0 Å². The van der Waals surface area contributed by atoms with E-state index in [2.05, 4.69) is 46.5 Å². The van der Waals surface area contributed by atoms with Crippen molar-refractivity contribution >= 4 is 33.3 Å². The Morgan fingerprint density at radius 1 is 1.70 bits per heavy atom. The molecule has 0 fully saturated rings. The molecule has 1 aromatic heterocycles. The van der Waals surface area contributed by atoms with E-state index in [9.17, 15) is 0 Å². The second-order valence-corrected chi connectivity index (χ2v) is 3.67. The molecule has 54 valence electrons. The summed E-state index contributed by atoms with van der Waals surface area (Å²) in [6, 6.07) is 2.18. The third-order valence-electron chi connectivity index (χ3n) is 1.12. The van der Waals surface area contributed by atoms with Crippen molar-refractivity contribution in [3.8, 4) is 0 Å². The lowest BCUT2D eigenvalue weighted by Gasteiger charge is -1.79. The molecule has 10 heavy (non-hydrogen) atoms. The van der Waals surface area contributed by atoms with Crippen molar-refractivity contribution in [3.63, 3.8) is 0 Å². The fourth-order valence-electron chi connectivity index (χ4n) is 0.702. The highest BCUT2D eigenvalue weighted by Gasteiger charge is 1.88. The average Bonchev–Trinajstić information content (AvgIpc) is 2.31. The van der Waals surface area contributed by atoms with Crippen LogP contribution in [-0.4, -0.2) is 5.33 Å². The summed E-state index contributed by atoms with van der Waals surface area (Å²) < 4.78 is 0. The largest absolute Gasteiger partial charge is 0.144 e. The molecule has 2 heteroatoms. The van der Waals surface area contributed by atoms with Crippen LogP contribution in [-0.2, 0) is 0 Å². The van der Waals surface area contributed by atoms with Crippen LogP contribution in [0.2, 0.25) is 0 Å². The molecule has 0 amide bonds. The summed E-state index contributed by atoms with van der Waals surface area (Å²) in [7, 11) is 0. The van der Waals surface area contributed by atoms with Gasteiger partial charge in [0.1, 0.15) is 0 Å². The Morgan fingerprint density at radius 2 is 2.50 bits per heavy atom. The summed E-state index contributed by atoms with van der Waals surface area (Å²) in [5, 5.41) is 3.10. The van der Waals surface area contributed by atoms with Crippen molar-refractivity contribution in [2.24, 2.45) is 0 Å². The SMILES string of the molecule is Cc1csc(C=CCBr)c1. The molecule has 1 aromatic rings. The fraction of sp³-hybridized carbons (Fsp3) is 0.250. The Morgan fingerprint density at radius 3 is 3.00 bits per heavy atom. The lowest BCUT2D eigenvalue weighted by Crippen LogP contribution is -1.60. The Balaban J connectivity index is 2.67. The number of thiophene rings is 1. The van der Waals surface area contributed by atoms with Crippen LogP contribution in [0.4, 0.5) is 0 Å². The first-order chi connectivity index (χ1) is 4.83. The van der Waals surface area contributed by atoms with Gasteiger partial charge in [0.15, 0.2) is 0 Å². The van der Waals surface area contributed by atoms with Crippen molar-refractivity contribution in [1.29, 1.82) is 0 Å². The van der Waals surface area contributed by atoms with Crippen LogP contribution >= 0.6 is 27.3 Å². The van der Waals surface area contributed by atoms with Gasteiger partial charge in [-0.05, 0) is 30.0 Å². The third-order valence-corrected chi connectivity index (χ3v) is 2.51. The van der Waals surface area contributed by atoms with E-state index in [-0.39, 0.29) is 0 Å². The summed E-state index contributed by atoms with van der Waals surface area (Å²) in [5.41, 5.74) is 1.35. The summed E-state index contributed by atoms with van der Waals surface area (Å²) in [6.45, 7) is 2.11. The van der Waals surface area contributed by atoms with Gasteiger partial charge >= 0.3 is 0 Å². The second-order valence-electron chi connectivity index (χ2n) is 2.08. The summed E-state index contributed by atoms with van der Waals surface area (Å²) >= 11 is 5.11. The van der Waals surface area contributed by atoms with Gasteiger partial charge in [0, 0.05) is 10.2 Å². The van der Waals surface area contributed by atoms with Gasteiger partial charge in [0.05, 0.1) is 0 Å². The highest BCUT2D eigenvalue weighted by Crippen LogP contribution is 2.14. The van der Waals surface area contributed by atoms with Gasteiger partial charge in [-0.1, -0.05) is 22.0 Å². The minimum Gasteiger partial charge on any atom is -0.144 e. The lowest BCUT2D eigenvalue weighted by atomic mass is 10.3. The van der Waals surface area contributed by atoms with Crippen molar-refractivity contribution in [3.05, 3.63) is 28.0 Å². The molecule has 0 bridgehead atoms. The van der Waals surface area contributed by atoms with Crippen molar-refractivity contribution < 1.29 is 0 Å². The van der Waals surface area contributed by atoms with Gasteiger partial charge in [0.25, 0.3) is 0 Å². The molecular formula is C8H9BrS. The molecule has 0 spiro atoms. The van der Waals surface area contributed by atoms with Crippen LogP contribution in [0.1, 0.15) is 10.4 Å². The number of halogens is 1.